The number of aliphatic imine (C=N–C) groups is 1. The number of alkyl halides is 3. The number of nitro benzene ring substituents is 1. The quantitative estimate of drug-likeness (QED) is 0.212. The molecule has 0 aliphatic carbocycles. The van der Waals surface area contributed by atoms with Crippen LogP contribution in [-0.2, 0) is 15.7 Å². The van der Waals surface area contributed by atoms with E-state index in [2.05, 4.69) is 4.99 Å². The Kier molecular flexibility index (Phi) is 5.65. The van der Waals surface area contributed by atoms with Crippen LogP contribution in [0.5, 0.6) is 11.5 Å². The number of carbonyl (C=O) groups excluding carboxylic acids is 1. The van der Waals surface area contributed by atoms with Gasteiger partial charge < -0.3 is 9.47 Å². The summed E-state index contributed by atoms with van der Waals surface area (Å²) in [6.07, 6.45) is -3.38. The van der Waals surface area contributed by atoms with Gasteiger partial charge in [0.15, 0.2) is 5.70 Å². The Morgan fingerprint density at radius 1 is 0.970 bits per heavy atom. The lowest BCUT2D eigenvalue weighted by Gasteiger charge is -2.11. The second-order valence-corrected chi connectivity index (χ2v) is 6.78. The summed E-state index contributed by atoms with van der Waals surface area (Å²) in [6.45, 7) is 0. The summed E-state index contributed by atoms with van der Waals surface area (Å²) >= 11 is 0. The lowest BCUT2D eigenvalue weighted by Crippen LogP contribution is -2.06. The summed E-state index contributed by atoms with van der Waals surface area (Å²) < 4.78 is 49.6. The van der Waals surface area contributed by atoms with Gasteiger partial charge in [-0.15, -0.1) is 0 Å². The molecule has 0 aromatic heterocycles. The van der Waals surface area contributed by atoms with Crippen LogP contribution in [0.25, 0.3) is 6.08 Å². The van der Waals surface area contributed by atoms with E-state index in [1.54, 1.807) is 48.5 Å². The zero-order valence-electron chi connectivity index (χ0n) is 16.6. The van der Waals surface area contributed by atoms with Gasteiger partial charge in [-0.05, 0) is 36.4 Å². The molecule has 3 aromatic rings. The smallest absolute Gasteiger partial charge is 0.416 e. The Balaban J connectivity index is 1.69. The van der Waals surface area contributed by atoms with Crippen molar-refractivity contribution in [3.8, 4) is 11.5 Å². The Labute approximate surface area is 184 Å². The number of nitro groups is 1. The molecule has 3 aromatic carbocycles. The van der Waals surface area contributed by atoms with Gasteiger partial charge in [-0.2, -0.15) is 13.2 Å². The van der Waals surface area contributed by atoms with Crippen LogP contribution in [-0.4, -0.2) is 16.8 Å². The molecule has 0 spiro atoms. The van der Waals surface area contributed by atoms with Gasteiger partial charge in [0.25, 0.3) is 0 Å². The minimum absolute atomic E-state index is 0.0353. The zero-order chi connectivity index (χ0) is 23.6. The molecule has 4 rings (SSSR count). The summed E-state index contributed by atoms with van der Waals surface area (Å²) in [6, 6.07) is 16.9. The maximum Gasteiger partial charge on any atom is 0.416 e. The Bertz CT molecular complexity index is 1300. The Morgan fingerprint density at radius 3 is 2.36 bits per heavy atom. The molecule has 7 nitrogen and oxygen atoms in total. The van der Waals surface area contributed by atoms with Gasteiger partial charge in [-0.3, -0.25) is 10.1 Å². The van der Waals surface area contributed by atoms with Gasteiger partial charge in [0.05, 0.1) is 10.5 Å². The highest BCUT2D eigenvalue weighted by Crippen LogP contribution is 2.39. The fourth-order valence-corrected chi connectivity index (χ4v) is 2.99. The second kappa shape index (κ2) is 8.58. The molecule has 0 saturated carbocycles. The molecule has 1 aliphatic rings. The molecule has 33 heavy (non-hydrogen) atoms. The first kappa shape index (κ1) is 21.8. The van der Waals surface area contributed by atoms with E-state index >= 15 is 0 Å². The highest BCUT2D eigenvalue weighted by Gasteiger charge is 2.33. The standard InChI is InChI=1S/C23H13F3N2O5/c24-23(25,26)16-10-11-20(18(13-16)28(30)31)32-19-9-5-4-8-15(19)12-17-22(29)33-21(27-17)14-6-2-1-3-7-14/h1-13H/b17-12-. The van der Waals surface area contributed by atoms with Crippen LogP contribution in [0, 0.1) is 10.1 Å². The Morgan fingerprint density at radius 2 is 1.67 bits per heavy atom. The third kappa shape index (κ3) is 4.74. The van der Waals surface area contributed by atoms with Crippen molar-refractivity contribution in [3.63, 3.8) is 0 Å². The third-order valence-corrected chi connectivity index (χ3v) is 4.56. The van der Waals surface area contributed by atoms with Crippen molar-refractivity contribution in [2.24, 2.45) is 4.99 Å². The van der Waals surface area contributed by atoms with E-state index in [0.717, 1.165) is 6.07 Å². The number of ether oxygens (including phenoxy) is 2. The summed E-state index contributed by atoms with van der Waals surface area (Å²) in [5, 5.41) is 11.3. The summed E-state index contributed by atoms with van der Waals surface area (Å²) in [7, 11) is 0. The maximum atomic E-state index is 12.9. The molecule has 0 bridgehead atoms. The lowest BCUT2D eigenvalue weighted by molar-refractivity contribution is -0.385. The first-order valence-corrected chi connectivity index (χ1v) is 9.43. The minimum Gasteiger partial charge on any atom is -0.449 e. The number of rotatable bonds is 5. The van der Waals surface area contributed by atoms with Crippen molar-refractivity contribution in [2.75, 3.05) is 0 Å². The number of halogens is 3. The molecule has 0 fully saturated rings. The highest BCUT2D eigenvalue weighted by atomic mass is 19.4. The first-order valence-electron chi connectivity index (χ1n) is 9.43. The molecule has 0 amide bonds. The number of carbonyl (C=O) groups is 1. The average molecular weight is 454 g/mol. The van der Waals surface area contributed by atoms with E-state index in [9.17, 15) is 28.1 Å². The SMILES string of the molecule is O=C1OC(c2ccccc2)=N/C1=C\c1ccccc1Oc1ccc(C(F)(F)F)cc1[N+](=O)[O-]. The molecule has 1 heterocycles. The molecule has 0 unspecified atom stereocenters. The largest absolute Gasteiger partial charge is 0.449 e. The van der Waals surface area contributed by atoms with E-state index in [0.29, 0.717) is 23.3 Å². The van der Waals surface area contributed by atoms with Crippen LogP contribution in [0.3, 0.4) is 0 Å². The lowest BCUT2D eigenvalue weighted by atomic mass is 10.1. The second-order valence-electron chi connectivity index (χ2n) is 6.78. The van der Waals surface area contributed by atoms with E-state index in [1.165, 1.54) is 12.1 Å². The molecule has 0 N–H and O–H groups in total. The van der Waals surface area contributed by atoms with E-state index in [-0.39, 0.29) is 23.1 Å². The van der Waals surface area contributed by atoms with Crippen molar-refractivity contribution >= 4 is 23.6 Å². The number of hydrogen-bond donors (Lipinski definition) is 0. The van der Waals surface area contributed by atoms with E-state index in [4.69, 9.17) is 9.47 Å². The van der Waals surface area contributed by atoms with Crippen molar-refractivity contribution < 1.29 is 32.4 Å². The summed E-state index contributed by atoms with van der Waals surface area (Å²) in [4.78, 5) is 26.8. The number of nitrogens with zero attached hydrogens (tertiary/aromatic N) is 2. The van der Waals surface area contributed by atoms with Gasteiger partial charge in [0, 0.05) is 17.2 Å². The monoisotopic (exact) mass is 454 g/mol. The van der Waals surface area contributed by atoms with Gasteiger partial charge in [-0.25, -0.2) is 9.79 Å². The average Bonchev–Trinajstić information content (AvgIpc) is 3.15. The van der Waals surface area contributed by atoms with Crippen LogP contribution < -0.4 is 4.74 Å². The van der Waals surface area contributed by atoms with Crippen molar-refractivity contribution in [3.05, 3.63) is 105 Å². The van der Waals surface area contributed by atoms with Gasteiger partial charge >= 0.3 is 17.8 Å². The Hall–Kier alpha value is -4.47. The number of para-hydroxylation sites is 1. The molecule has 0 atom stereocenters. The van der Waals surface area contributed by atoms with Gasteiger partial charge in [-0.1, -0.05) is 36.4 Å². The molecule has 10 heteroatoms. The molecule has 166 valence electrons. The molecular formula is C23H13F3N2O5. The van der Waals surface area contributed by atoms with Crippen molar-refractivity contribution in [2.45, 2.75) is 6.18 Å². The summed E-state index contributed by atoms with van der Waals surface area (Å²) in [5.74, 6) is -0.905. The fraction of sp³-hybridized carbons (Fsp3) is 0.0435. The molecular weight excluding hydrogens is 441 g/mol. The highest BCUT2D eigenvalue weighted by molar-refractivity contribution is 6.12. The third-order valence-electron chi connectivity index (χ3n) is 4.56. The number of hydrogen-bond acceptors (Lipinski definition) is 6. The predicted molar refractivity (Wildman–Crippen MR) is 112 cm³/mol. The van der Waals surface area contributed by atoms with Crippen LogP contribution in [0.2, 0.25) is 0 Å². The zero-order valence-corrected chi connectivity index (χ0v) is 16.6. The van der Waals surface area contributed by atoms with Crippen LogP contribution in [0.1, 0.15) is 16.7 Å². The molecule has 1 aliphatic heterocycles. The molecule has 0 saturated heterocycles. The number of cyclic esters (lactones) is 1. The van der Waals surface area contributed by atoms with Crippen molar-refractivity contribution in [1.29, 1.82) is 0 Å². The predicted octanol–water partition coefficient (Wildman–Crippen LogP) is 5.75. The molecule has 0 radical (unpaired) electrons. The van der Waals surface area contributed by atoms with Gasteiger partial charge in [0.2, 0.25) is 11.6 Å². The summed E-state index contributed by atoms with van der Waals surface area (Å²) in [5.41, 5.74) is -1.15. The van der Waals surface area contributed by atoms with E-state index in [1.807, 2.05) is 0 Å². The van der Waals surface area contributed by atoms with Crippen molar-refractivity contribution in [1.82, 2.24) is 0 Å². The minimum atomic E-state index is -4.75. The van der Waals surface area contributed by atoms with Crippen LogP contribution >= 0.6 is 0 Å². The normalized spacial score (nSPS) is 14.7. The van der Waals surface area contributed by atoms with Crippen LogP contribution in [0.15, 0.2) is 83.5 Å². The topological polar surface area (TPSA) is 91.0 Å². The first-order chi connectivity index (χ1) is 15.7. The number of benzene rings is 3. The maximum absolute atomic E-state index is 12.9. The fourth-order valence-electron chi connectivity index (χ4n) is 2.99. The van der Waals surface area contributed by atoms with Gasteiger partial charge in [0.1, 0.15) is 5.75 Å². The van der Waals surface area contributed by atoms with Crippen LogP contribution in [0.4, 0.5) is 18.9 Å². The number of esters is 1. The van der Waals surface area contributed by atoms with E-state index < -0.39 is 28.3 Å².